The number of nitrogens with zero attached hydrogens (tertiary/aromatic N) is 2. The van der Waals surface area contributed by atoms with Gasteiger partial charge in [0.05, 0.1) is 28.5 Å². The maximum Gasteiger partial charge on any atom is 0.123 e. The number of rotatable bonds is 12. The summed E-state index contributed by atoms with van der Waals surface area (Å²) in [5.41, 5.74) is 3.21. The van der Waals surface area contributed by atoms with Crippen molar-refractivity contribution in [3.63, 3.8) is 0 Å². The molecule has 1 atom stereocenters. The van der Waals surface area contributed by atoms with Gasteiger partial charge in [-0.2, -0.15) is 0 Å². The number of halogens is 2. The van der Waals surface area contributed by atoms with Crippen LogP contribution in [0.15, 0.2) is 78.0 Å². The van der Waals surface area contributed by atoms with E-state index in [0.29, 0.717) is 36.0 Å². The Morgan fingerprint density at radius 3 is 2.41 bits per heavy atom. The van der Waals surface area contributed by atoms with E-state index in [0.717, 1.165) is 54.2 Å². The van der Waals surface area contributed by atoms with E-state index < -0.39 is 5.60 Å². The third-order valence-electron chi connectivity index (χ3n) is 7.50. The zero-order valence-corrected chi connectivity index (χ0v) is 24.1. The summed E-state index contributed by atoms with van der Waals surface area (Å²) >= 11 is 12.7. The van der Waals surface area contributed by atoms with Crippen molar-refractivity contribution < 1.29 is 14.7 Å². The number of ether oxygens (including phenoxy) is 1. The van der Waals surface area contributed by atoms with Crippen LogP contribution in [0, 0.1) is 0 Å². The molecule has 1 aliphatic heterocycles. The fourth-order valence-electron chi connectivity index (χ4n) is 5.26. The molecule has 0 amide bonds. The van der Waals surface area contributed by atoms with Gasteiger partial charge in [-0.05, 0) is 55.1 Å². The minimum Gasteiger partial charge on any atom is -0.496 e. The summed E-state index contributed by atoms with van der Waals surface area (Å²) in [6, 6.07) is 23.7. The molecule has 3 aromatic carbocycles. The quantitative estimate of drug-likeness (QED) is 0.199. The molecule has 39 heavy (non-hydrogen) atoms. The van der Waals surface area contributed by atoms with Crippen LogP contribution in [0.5, 0.6) is 5.75 Å². The van der Waals surface area contributed by atoms with Gasteiger partial charge in [0.2, 0.25) is 0 Å². The van der Waals surface area contributed by atoms with Gasteiger partial charge >= 0.3 is 0 Å². The Balaban J connectivity index is 1.45. The monoisotopic (exact) mass is 569 g/mol. The Hall–Kier alpha value is -2.61. The number of aliphatic hydroxyl groups is 1. The standard InChI is InChI=1S/C31H37Cl2N3O3/c1-38-30-11-7-6-8-24(30)21-34-22-29(35-39-2)26(23-12-13-27(32)28(33)20-23)14-17-36-18-15-31(37,16-19-36)25-9-4-3-5-10-25/h3-13,20,26,34,37H,14-19,21-22H2,1-2H3/b35-29+. The summed E-state index contributed by atoms with van der Waals surface area (Å²) in [6.07, 6.45) is 2.22. The fraction of sp³-hybridized carbons (Fsp3) is 0.387. The average molecular weight is 571 g/mol. The Morgan fingerprint density at radius 2 is 1.72 bits per heavy atom. The summed E-state index contributed by atoms with van der Waals surface area (Å²) in [5, 5.41) is 20.2. The van der Waals surface area contributed by atoms with Crippen molar-refractivity contribution in [3.05, 3.63) is 99.5 Å². The Kier molecular flexibility index (Phi) is 10.7. The van der Waals surface area contributed by atoms with Gasteiger partial charge < -0.3 is 24.9 Å². The zero-order chi connectivity index (χ0) is 27.7. The van der Waals surface area contributed by atoms with Gasteiger partial charge in [0, 0.05) is 37.7 Å². The van der Waals surface area contributed by atoms with Gasteiger partial charge in [-0.25, -0.2) is 0 Å². The van der Waals surface area contributed by atoms with E-state index in [9.17, 15) is 5.11 Å². The predicted molar refractivity (Wildman–Crippen MR) is 159 cm³/mol. The molecule has 4 rings (SSSR count). The van der Waals surface area contributed by atoms with Crippen LogP contribution in [0.25, 0.3) is 0 Å². The lowest BCUT2D eigenvalue weighted by Gasteiger charge is -2.39. The lowest BCUT2D eigenvalue weighted by molar-refractivity contribution is -0.0261. The van der Waals surface area contributed by atoms with Crippen molar-refractivity contribution in [1.29, 1.82) is 0 Å². The molecule has 0 bridgehead atoms. The Labute approximate surface area is 241 Å². The zero-order valence-electron chi connectivity index (χ0n) is 22.6. The molecule has 208 valence electrons. The molecule has 0 saturated carbocycles. The smallest absolute Gasteiger partial charge is 0.123 e. The van der Waals surface area contributed by atoms with Gasteiger partial charge in [0.15, 0.2) is 0 Å². The molecular formula is C31H37Cl2N3O3. The molecule has 0 spiro atoms. The van der Waals surface area contributed by atoms with E-state index >= 15 is 0 Å². The number of piperidine rings is 1. The molecule has 0 aliphatic carbocycles. The van der Waals surface area contributed by atoms with Gasteiger partial charge in [-0.3, -0.25) is 0 Å². The molecule has 1 saturated heterocycles. The van der Waals surface area contributed by atoms with Crippen LogP contribution in [0.1, 0.15) is 41.9 Å². The van der Waals surface area contributed by atoms with Crippen molar-refractivity contribution in [2.24, 2.45) is 5.16 Å². The van der Waals surface area contributed by atoms with Crippen LogP contribution in [0.2, 0.25) is 10.0 Å². The van der Waals surface area contributed by atoms with Crippen molar-refractivity contribution in [2.45, 2.75) is 37.3 Å². The van der Waals surface area contributed by atoms with Crippen molar-refractivity contribution in [3.8, 4) is 5.75 Å². The van der Waals surface area contributed by atoms with Crippen LogP contribution in [-0.4, -0.2) is 56.1 Å². The molecule has 2 N–H and O–H groups in total. The largest absolute Gasteiger partial charge is 0.496 e. The third-order valence-corrected chi connectivity index (χ3v) is 8.24. The van der Waals surface area contributed by atoms with Crippen molar-refractivity contribution >= 4 is 28.9 Å². The summed E-state index contributed by atoms with van der Waals surface area (Å²) in [7, 11) is 3.25. The summed E-state index contributed by atoms with van der Waals surface area (Å²) in [4.78, 5) is 7.71. The maximum atomic E-state index is 11.3. The summed E-state index contributed by atoms with van der Waals surface area (Å²) in [6.45, 7) is 3.66. The number of hydrogen-bond donors (Lipinski definition) is 2. The number of likely N-dealkylation sites (tertiary alicyclic amines) is 1. The SMILES string of the molecule is CO/N=C(\CNCc1ccccc1OC)C(CCN1CCC(O)(c2ccccc2)CC1)c1ccc(Cl)c(Cl)c1. The van der Waals surface area contributed by atoms with E-state index in [2.05, 4.69) is 15.4 Å². The van der Waals surface area contributed by atoms with Gasteiger partial charge in [-0.15, -0.1) is 0 Å². The number of nitrogens with one attached hydrogen (secondary N) is 1. The van der Waals surface area contributed by atoms with E-state index in [1.165, 1.54) is 0 Å². The second-order valence-electron chi connectivity index (χ2n) is 9.93. The number of oxime groups is 1. The highest BCUT2D eigenvalue weighted by Gasteiger charge is 2.34. The number of hydrogen-bond acceptors (Lipinski definition) is 6. The Morgan fingerprint density at radius 1 is 1.00 bits per heavy atom. The fourth-order valence-corrected chi connectivity index (χ4v) is 5.57. The van der Waals surface area contributed by atoms with Gasteiger partial charge in [0.1, 0.15) is 12.9 Å². The predicted octanol–water partition coefficient (Wildman–Crippen LogP) is 6.25. The number of methoxy groups -OCH3 is 1. The highest BCUT2D eigenvalue weighted by Crippen LogP contribution is 2.34. The molecule has 8 heteroatoms. The summed E-state index contributed by atoms with van der Waals surface area (Å²) in [5.74, 6) is 0.816. The molecule has 1 fully saturated rings. The third kappa shape index (κ3) is 7.74. The molecular weight excluding hydrogens is 533 g/mol. The summed E-state index contributed by atoms with van der Waals surface area (Å²) < 4.78 is 5.49. The molecule has 6 nitrogen and oxygen atoms in total. The number of benzene rings is 3. The number of para-hydroxylation sites is 1. The first kappa shape index (κ1) is 29.4. The second-order valence-corrected chi connectivity index (χ2v) is 10.7. The lowest BCUT2D eigenvalue weighted by Crippen LogP contribution is -2.43. The van der Waals surface area contributed by atoms with Crippen LogP contribution in [0.3, 0.4) is 0 Å². The van der Waals surface area contributed by atoms with Gasteiger partial charge in [0.25, 0.3) is 0 Å². The second kappa shape index (κ2) is 14.1. The topological polar surface area (TPSA) is 66.3 Å². The minimum atomic E-state index is -0.772. The first-order chi connectivity index (χ1) is 18.9. The van der Waals surface area contributed by atoms with Crippen LogP contribution >= 0.6 is 23.2 Å². The maximum absolute atomic E-state index is 11.3. The highest BCUT2D eigenvalue weighted by atomic mass is 35.5. The van der Waals surface area contributed by atoms with E-state index in [-0.39, 0.29) is 5.92 Å². The molecule has 0 radical (unpaired) electrons. The molecule has 1 aliphatic rings. The Bertz CT molecular complexity index is 1230. The van der Waals surface area contributed by atoms with Crippen molar-refractivity contribution in [2.75, 3.05) is 40.4 Å². The lowest BCUT2D eigenvalue weighted by atomic mass is 9.84. The first-order valence-corrected chi connectivity index (χ1v) is 14.1. The van der Waals surface area contributed by atoms with Crippen LogP contribution < -0.4 is 10.1 Å². The molecule has 1 unspecified atom stereocenters. The molecule has 0 aromatic heterocycles. The van der Waals surface area contributed by atoms with Crippen molar-refractivity contribution in [1.82, 2.24) is 10.2 Å². The van der Waals surface area contributed by atoms with E-state index in [1.807, 2.05) is 72.8 Å². The first-order valence-electron chi connectivity index (χ1n) is 13.3. The molecule has 1 heterocycles. The van der Waals surface area contributed by atoms with Gasteiger partial charge in [-0.1, -0.05) is 83.0 Å². The van der Waals surface area contributed by atoms with E-state index in [1.54, 1.807) is 14.2 Å². The van der Waals surface area contributed by atoms with E-state index in [4.69, 9.17) is 32.8 Å². The highest BCUT2D eigenvalue weighted by molar-refractivity contribution is 6.42. The molecule has 3 aromatic rings. The average Bonchev–Trinajstić information content (AvgIpc) is 2.96. The van der Waals surface area contributed by atoms with Crippen LogP contribution in [-0.2, 0) is 17.0 Å². The van der Waals surface area contributed by atoms with Crippen LogP contribution in [0.4, 0.5) is 0 Å². The minimum absolute atomic E-state index is 0.0279. The normalized spacial score (nSPS) is 16.6.